The Morgan fingerprint density at radius 1 is 1.56 bits per heavy atom. The van der Waals surface area contributed by atoms with Crippen molar-refractivity contribution < 1.29 is 9.53 Å². The largest absolute Gasteiger partial charge is 0.462 e. The average molecular weight is 243 g/mol. The summed E-state index contributed by atoms with van der Waals surface area (Å²) < 4.78 is 4.93. The van der Waals surface area contributed by atoms with Crippen LogP contribution in [0.1, 0.15) is 35.6 Å². The number of hydrogen-bond donors (Lipinski definition) is 1. The number of hydrazine groups is 1. The summed E-state index contributed by atoms with van der Waals surface area (Å²) in [6.45, 7) is 6.68. The molecule has 0 saturated heterocycles. The molecular formula is C10H17N3O2S. The van der Waals surface area contributed by atoms with Crippen molar-refractivity contribution in [3.63, 3.8) is 0 Å². The van der Waals surface area contributed by atoms with Gasteiger partial charge in [-0.3, -0.25) is 5.01 Å². The molecule has 1 rings (SSSR count). The van der Waals surface area contributed by atoms with Gasteiger partial charge in [-0.25, -0.2) is 15.6 Å². The van der Waals surface area contributed by atoms with Gasteiger partial charge in [0.1, 0.15) is 4.88 Å². The van der Waals surface area contributed by atoms with Crippen LogP contribution in [0.5, 0.6) is 0 Å². The number of aryl methyl sites for hydroxylation is 1. The normalized spacial score (nSPS) is 10.2. The van der Waals surface area contributed by atoms with Crippen molar-refractivity contribution in [3.8, 4) is 0 Å². The topological polar surface area (TPSA) is 68.5 Å². The summed E-state index contributed by atoms with van der Waals surface area (Å²) in [5.74, 6) is 5.47. The predicted octanol–water partition coefficient (Wildman–Crippen LogP) is 1.72. The van der Waals surface area contributed by atoms with Gasteiger partial charge in [0, 0.05) is 6.54 Å². The lowest BCUT2D eigenvalue weighted by molar-refractivity contribution is 0.0531. The van der Waals surface area contributed by atoms with Crippen molar-refractivity contribution >= 4 is 22.4 Å². The van der Waals surface area contributed by atoms with Crippen molar-refractivity contribution in [1.82, 2.24) is 4.98 Å². The smallest absolute Gasteiger partial charge is 0.350 e. The number of anilines is 1. The fourth-order valence-corrected chi connectivity index (χ4v) is 2.14. The Morgan fingerprint density at radius 3 is 2.81 bits per heavy atom. The van der Waals surface area contributed by atoms with Gasteiger partial charge < -0.3 is 4.74 Å². The first-order valence-electron chi connectivity index (χ1n) is 5.26. The van der Waals surface area contributed by atoms with Crippen LogP contribution in [0, 0.1) is 6.92 Å². The maximum atomic E-state index is 11.5. The molecule has 16 heavy (non-hydrogen) atoms. The van der Waals surface area contributed by atoms with Crippen LogP contribution in [0.2, 0.25) is 0 Å². The number of carbonyl (C=O) groups is 1. The Labute approximate surface area is 99.2 Å². The first-order chi connectivity index (χ1) is 7.60. The van der Waals surface area contributed by atoms with E-state index >= 15 is 0 Å². The lowest BCUT2D eigenvalue weighted by Gasteiger charge is -2.12. The molecule has 0 fully saturated rings. The highest BCUT2D eigenvalue weighted by Gasteiger charge is 2.17. The number of hydrogen-bond acceptors (Lipinski definition) is 6. The Morgan fingerprint density at radius 2 is 2.25 bits per heavy atom. The van der Waals surface area contributed by atoms with E-state index in [0.717, 1.165) is 13.0 Å². The molecule has 0 unspecified atom stereocenters. The van der Waals surface area contributed by atoms with Crippen molar-refractivity contribution in [2.24, 2.45) is 5.84 Å². The van der Waals surface area contributed by atoms with E-state index in [1.165, 1.54) is 11.3 Å². The minimum absolute atomic E-state index is 0.325. The molecule has 1 heterocycles. The van der Waals surface area contributed by atoms with Crippen molar-refractivity contribution in [3.05, 3.63) is 10.6 Å². The standard InChI is InChI=1S/C10H17N3O2S/c1-4-6-13(11)10-12-7(3)8(16-10)9(14)15-5-2/h4-6,11H2,1-3H3. The van der Waals surface area contributed by atoms with Gasteiger partial charge in [-0.2, -0.15) is 0 Å². The van der Waals surface area contributed by atoms with Crippen molar-refractivity contribution in [2.45, 2.75) is 27.2 Å². The van der Waals surface area contributed by atoms with Crippen molar-refractivity contribution in [2.75, 3.05) is 18.2 Å². The zero-order valence-corrected chi connectivity index (χ0v) is 10.6. The van der Waals surface area contributed by atoms with E-state index < -0.39 is 0 Å². The molecule has 0 aliphatic rings. The number of rotatable bonds is 5. The molecule has 0 spiro atoms. The average Bonchev–Trinajstić information content (AvgIpc) is 2.61. The Bertz CT molecular complexity index is 365. The molecule has 0 atom stereocenters. The summed E-state index contributed by atoms with van der Waals surface area (Å²) in [6, 6.07) is 0. The molecule has 0 aliphatic carbocycles. The summed E-state index contributed by atoms with van der Waals surface area (Å²) in [5, 5.41) is 2.21. The van der Waals surface area contributed by atoms with Crippen LogP contribution < -0.4 is 10.9 Å². The molecule has 6 heteroatoms. The Hall–Kier alpha value is -1.14. The highest BCUT2D eigenvalue weighted by molar-refractivity contribution is 7.17. The van der Waals surface area contributed by atoms with Crippen LogP contribution in [-0.2, 0) is 4.74 Å². The molecule has 0 aliphatic heterocycles. The third-order valence-corrected chi connectivity index (χ3v) is 3.13. The van der Waals surface area contributed by atoms with E-state index in [9.17, 15) is 4.79 Å². The molecule has 0 saturated carbocycles. The zero-order valence-electron chi connectivity index (χ0n) is 9.82. The van der Waals surface area contributed by atoms with Gasteiger partial charge in [0.25, 0.3) is 0 Å². The van der Waals surface area contributed by atoms with E-state index in [1.807, 2.05) is 6.92 Å². The van der Waals surface area contributed by atoms with Crippen LogP contribution in [0.15, 0.2) is 0 Å². The van der Waals surface area contributed by atoms with Gasteiger partial charge in [0.2, 0.25) is 5.13 Å². The second-order valence-electron chi connectivity index (χ2n) is 3.32. The summed E-state index contributed by atoms with van der Waals surface area (Å²) >= 11 is 1.27. The number of ether oxygens (including phenoxy) is 1. The van der Waals surface area contributed by atoms with Gasteiger partial charge in [-0.05, 0) is 20.3 Å². The molecule has 1 aromatic rings. The quantitative estimate of drug-likeness (QED) is 0.484. The molecule has 90 valence electrons. The van der Waals surface area contributed by atoms with Crippen LogP contribution in [0.25, 0.3) is 0 Å². The summed E-state index contributed by atoms with van der Waals surface area (Å²) in [7, 11) is 0. The molecular weight excluding hydrogens is 226 g/mol. The van der Waals surface area contributed by atoms with E-state index in [2.05, 4.69) is 4.98 Å². The molecule has 1 aromatic heterocycles. The van der Waals surface area contributed by atoms with Crippen LogP contribution in [0.4, 0.5) is 5.13 Å². The molecule has 0 aromatic carbocycles. The lowest BCUT2D eigenvalue weighted by atomic mass is 10.4. The highest BCUT2D eigenvalue weighted by Crippen LogP contribution is 2.25. The summed E-state index contributed by atoms with van der Waals surface area (Å²) in [6.07, 6.45) is 0.934. The number of esters is 1. The number of carbonyl (C=O) groups excluding carboxylic acids is 1. The molecule has 5 nitrogen and oxygen atoms in total. The van der Waals surface area contributed by atoms with Gasteiger partial charge in [-0.1, -0.05) is 18.3 Å². The van der Waals surface area contributed by atoms with E-state index in [1.54, 1.807) is 18.9 Å². The maximum Gasteiger partial charge on any atom is 0.350 e. The van der Waals surface area contributed by atoms with E-state index in [0.29, 0.717) is 22.3 Å². The highest BCUT2D eigenvalue weighted by atomic mass is 32.1. The lowest BCUT2D eigenvalue weighted by Crippen LogP contribution is -2.31. The van der Waals surface area contributed by atoms with Crippen molar-refractivity contribution in [1.29, 1.82) is 0 Å². The molecule has 0 radical (unpaired) electrons. The Balaban J connectivity index is 2.84. The number of aromatic nitrogens is 1. The summed E-state index contributed by atoms with van der Waals surface area (Å²) in [5.41, 5.74) is 0.671. The number of nitrogens with two attached hydrogens (primary N) is 1. The fraction of sp³-hybridized carbons (Fsp3) is 0.600. The fourth-order valence-electron chi connectivity index (χ4n) is 1.23. The van der Waals surface area contributed by atoms with E-state index in [-0.39, 0.29) is 5.97 Å². The second kappa shape index (κ2) is 5.81. The first-order valence-corrected chi connectivity index (χ1v) is 6.08. The third-order valence-electron chi connectivity index (χ3n) is 1.96. The van der Waals surface area contributed by atoms with Crippen LogP contribution in [0.3, 0.4) is 0 Å². The SMILES string of the molecule is CCCN(N)c1nc(C)c(C(=O)OCC)s1. The minimum Gasteiger partial charge on any atom is -0.462 e. The second-order valence-corrected chi connectivity index (χ2v) is 4.30. The Kier molecular flexibility index (Phi) is 4.70. The monoisotopic (exact) mass is 243 g/mol. The predicted molar refractivity (Wildman–Crippen MR) is 64.6 cm³/mol. The van der Waals surface area contributed by atoms with E-state index in [4.69, 9.17) is 10.6 Å². The van der Waals surface area contributed by atoms with Crippen LogP contribution in [-0.4, -0.2) is 24.1 Å². The molecule has 0 amide bonds. The summed E-state index contributed by atoms with van der Waals surface area (Å²) in [4.78, 5) is 16.3. The number of nitrogens with zero attached hydrogens (tertiary/aromatic N) is 2. The zero-order chi connectivity index (χ0) is 12.1. The van der Waals surface area contributed by atoms with Crippen LogP contribution >= 0.6 is 11.3 Å². The maximum absolute atomic E-state index is 11.5. The van der Waals surface area contributed by atoms with Gasteiger partial charge >= 0.3 is 5.97 Å². The van der Waals surface area contributed by atoms with Gasteiger partial charge in [0.05, 0.1) is 12.3 Å². The molecule has 0 bridgehead atoms. The third kappa shape index (κ3) is 2.93. The first kappa shape index (κ1) is 12.9. The van der Waals surface area contributed by atoms with Gasteiger partial charge in [0.15, 0.2) is 0 Å². The number of thiazole rings is 1. The molecule has 2 N–H and O–H groups in total. The van der Waals surface area contributed by atoms with Gasteiger partial charge in [-0.15, -0.1) is 0 Å². The minimum atomic E-state index is -0.325.